The Bertz CT molecular complexity index is 1410. The van der Waals surface area contributed by atoms with E-state index in [0.29, 0.717) is 18.8 Å². The summed E-state index contributed by atoms with van der Waals surface area (Å²) in [5.41, 5.74) is 3.31. The van der Waals surface area contributed by atoms with Crippen molar-refractivity contribution in [3.05, 3.63) is 51.2 Å². The van der Waals surface area contributed by atoms with Gasteiger partial charge in [-0.1, -0.05) is 19.3 Å². The number of aryl methyl sites for hydroxylation is 2. The largest absolute Gasteiger partial charge is 0.351 e. The van der Waals surface area contributed by atoms with Gasteiger partial charge in [0.2, 0.25) is 5.43 Å². The number of fused-ring (bicyclic) bond motifs is 7. The van der Waals surface area contributed by atoms with Crippen molar-refractivity contribution < 1.29 is 4.79 Å². The first kappa shape index (κ1) is 24.1. The molecule has 0 atom stereocenters. The van der Waals surface area contributed by atoms with Gasteiger partial charge in [-0.05, 0) is 69.9 Å². The zero-order chi connectivity index (χ0) is 25.3. The third kappa shape index (κ3) is 4.27. The summed E-state index contributed by atoms with van der Waals surface area (Å²) in [5.74, 6) is -0.463. The number of aliphatic imine (C=N–C) groups is 2. The Morgan fingerprint density at radius 2 is 1.94 bits per heavy atom. The van der Waals surface area contributed by atoms with Gasteiger partial charge in [0.15, 0.2) is 5.69 Å². The van der Waals surface area contributed by atoms with Crippen LogP contribution < -0.4 is 10.7 Å². The van der Waals surface area contributed by atoms with Crippen molar-refractivity contribution in [2.45, 2.75) is 77.3 Å². The molecule has 6 rings (SSSR count). The smallest absolute Gasteiger partial charge is 0.275 e. The lowest BCUT2D eigenvalue weighted by atomic mass is 9.96. The molecule has 6 bridgehead atoms. The highest BCUT2D eigenvalue weighted by molar-refractivity contribution is 5.93. The highest BCUT2D eigenvalue weighted by Gasteiger charge is 2.38. The van der Waals surface area contributed by atoms with Crippen molar-refractivity contribution in [2.24, 2.45) is 9.98 Å². The molecule has 0 unspecified atom stereocenters. The van der Waals surface area contributed by atoms with Gasteiger partial charge >= 0.3 is 0 Å². The monoisotopic (exact) mass is 487 g/mol. The molecule has 9 nitrogen and oxygen atoms in total. The summed E-state index contributed by atoms with van der Waals surface area (Å²) >= 11 is 0. The molecule has 188 valence electrons. The van der Waals surface area contributed by atoms with E-state index in [4.69, 9.17) is 4.98 Å². The molecule has 3 aromatic rings. The number of hydrogen-bond donors (Lipinski definition) is 1. The zero-order valence-electron chi connectivity index (χ0n) is 21.1. The third-order valence-corrected chi connectivity index (χ3v) is 7.68. The van der Waals surface area contributed by atoms with E-state index >= 15 is 0 Å². The summed E-state index contributed by atoms with van der Waals surface area (Å²) in [6.07, 6.45) is 13.3. The Morgan fingerprint density at radius 1 is 1.14 bits per heavy atom. The molecule has 1 fully saturated rings. The molecule has 9 heteroatoms. The van der Waals surface area contributed by atoms with Gasteiger partial charge in [0.05, 0.1) is 17.8 Å². The minimum absolute atomic E-state index is 0.134. The number of amides is 1. The van der Waals surface area contributed by atoms with E-state index in [9.17, 15) is 9.59 Å². The van der Waals surface area contributed by atoms with Crippen LogP contribution in [0.1, 0.15) is 72.3 Å². The number of pyridine rings is 1. The van der Waals surface area contributed by atoms with Gasteiger partial charge < -0.3 is 9.88 Å². The summed E-state index contributed by atoms with van der Waals surface area (Å²) in [6, 6.07) is 2.28. The van der Waals surface area contributed by atoms with Crippen molar-refractivity contribution in [2.75, 3.05) is 6.54 Å². The normalized spacial score (nSPS) is 18.3. The zero-order valence-corrected chi connectivity index (χ0v) is 21.1. The van der Waals surface area contributed by atoms with Crippen LogP contribution in [0.25, 0.3) is 11.0 Å². The minimum atomic E-state index is -0.490. The van der Waals surface area contributed by atoms with Crippen molar-refractivity contribution in [3.63, 3.8) is 0 Å². The first-order chi connectivity index (χ1) is 17.4. The van der Waals surface area contributed by atoms with E-state index in [1.165, 1.54) is 22.9 Å². The first-order valence-corrected chi connectivity index (χ1v) is 12.8. The van der Waals surface area contributed by atoms with Gasteiger partial charge in [-0.3, -0.25) is 19.3 Å². The fraction of sp³-hybridized carbons (Fsp3) is 0.481. The minimum Gasteiger partial charge on any atom is -0.351 e. The number of carbonyl (C=O) groups excluding carboxylic acids is 1. The highest BCUT2D eigenvalue weighted by atomic mass is 16.2. The molecule has 0 saturated heterocycles. The fourth-order valence-electron chi connectivity index (χ4n) is 5.70. The van der Waals surface area contributed by atoms with Crippen LogP contribution in [0, 0.1) is 13.8 Å². The quantitative estimate of drug-likeness (QED) is 0.436. The molecule has 3 aromatic heterocycles. The Balaban J connectivity index is 1.72. The number of rotatable bonds is 2. The summed E-state index contributed by atoms with van der Waals surface area (Å²) in [4.78, 5) is 39.1. The molecule has 2 aliphatic heterocycles. The van der Waals surface area contributed by atoms with E-state index in [1.54, 1.807) is 4.68 Å². The number of hydrogen-bond acceptors (Lipinski definition) is 5. The maximum absolute atomic E-state index is 13.2. The van der Waals surface area contributed by atoms with Crippen molar-refractivity contribution in [1.82, 2.24) is 24.6 Å². The average molecular weight is 488 g/mol. The number of nitrogens with zero attached hydrogens (tertiary/aromatic N) is 6. The predicted octanol–water partition coefficient (Wildman–Crippen LogP) is 4.00. The first-order valence-electron chi connectivity index (χ1n) is 12.8. The fourth-order valence-corrected chi connectivity index (χ4v) is 5.70. The SMILES string of the molecule is C=NC=Nc1c(C)n2nc(c1=O)C(=O)NCCCCCc1cnc3c(c1)c(C)cn3C1(CCCC1)C2. The van der Waals surface area contributed by atoms with Crippen molar-refractivity contribution in [1.29, 1.82) is 0 Å². The maximum Gasteiger partial charge on any atom is 0.275 e. The van der Waals surface area contributed by atoms with E-state index in [1.807, 2.05) is 13.1 Å². The highest BCUT2D eigenvalue weighted by Crippen LogP contribution is 2.41. The molecule has 1 saturated carbocycles. The average Bonchev–Trinajstić information content (AvgIpc) is 3.47. The van der Waals surface area contributed by atoms with E-state index in [0.717, 1.165) is 57.0 Å². The molecule has 36 heavy (non-hydrogen) atoms. The summed E-state index contributed by atoms with van der Waals surface area (Å²) in [7, 11) is 0. The predicted molar refractivity (Wildman–Crippen MR) is 142 cm³/mol. The summed E-state index contributed by atoms with van der Waals surface area (Å²) in [5, 5.41) is 8.68. The molecule has 1 amide bonds. The Labute approximate surface area is 210 Å². The van der Waals surface area contributed by atoms with Crippen LogP contribution in [0.3, 0.4) is 0 Å². The van der Waals surface area contributed by atoms with Crippen LogP contribution in [0.2, 0.25) is 0 Å². The second-order valence-electron chi connectivity index (χ2n) is 10.1. The summed E-state index contributed by atoms with van der Waals surface area (Å²) < 4.78 is 4.10. The molecular formula is C27H33N7O2. The molecule has 5 heterocycles. The lowest BCUT2D eigenvalue weighted by Gasteiger charge is -2.33. The van der Waals surface area contributed by atoms with Crippen LogP contribution in [-0.2, 0) is 18.5 Å². The molecule has 0 aromatic carbocycles. The van der Waals surface area contributed by atoms with E-state index in [-0.39, 0.29) is 16.9 Å². The lowest BCUT2D eigenvalue weighted by molar-refractivity contribution is 0.0943. The van der Waals surface area contributed by atoms with Gasteiger partial charge in [0.1, 0.15) is 17.7 Å². The van der Waals surface area contributed by atoms with Gasteiger partial charge in [-0.15, -0.1) is 0 Å². The van der Waals surface area contributed by atoms with Gasteiger partial charge in [0.25, 0.3) is 5.91 Å². The molecule has 1 N–H and O–H groups in total. The van der Waals surface area contributed by atoms with Gasteiger partial charge in [-0.2, -0.15) is 5.10 Å². The Hall–Kier alpha value is -3.62. The molecule has 1 aliphatic carbocycles. The molecule has 0 radical (unpaired) electrons. The maximum atomic E-state index is 13.2. The third-order valence-electron chi connectivity index (χ3n) is 7.68. The van der Waals surface area contributed by atoms with Gasteiger partial charge in [0, 0.05) is 24.3 Å². The topological polar surface area (TPSA) is 107 Å². The van der Waals surface area contributed by atoms with Crippen molar-refractivity contribution in [3.8, 4) is 0 Å². The Morgan fingerprint density at radius 3 is 2.72 bits per heavy atom. The number of nitrogens with one attached hydrogen (secondary N) is 1. The lowest BCUT2D eigenvalue weighted by Crippen LogP contribution is -2.39. The second kappa shape index (κ2) is 9.79. The van der Waals surface area contributed by atoms with Crippen molar-refractivity contribution >= 4 is 35.7 Å². The molecule has 1 spiro atoms. The van der Waals surface area contributed by atoms with Crippen LogP contribution in [-0.4, -0.2) is 44.8 Å². The van der Waals surface area contributed by atoms with Crippen LogP contribution in [0.4, 0.5) is 5.69 Å². The molecule has 3 aliphatic rings. The summed E-state index contributed by atoms with van der Waals surface area (Å²) in [6.45, 7) is 8.39. The van der Waals surface area contributed by atoms with E-state index < -0.39 is 11.3 Å². The van der Waals surface area contributed by atoms with Gasteiger partial charge in [-0.25, -0.2) is 9.98 Å². The number of carbonyl (C=O) groups is 1. The molecular weight excluding hydrogens is 454 g/mol. The number of aromatic nitrogens is 4. The van der Waals surface area contributed by atoms with Crippen LogP contribution >= 0.6 is 0 Å². The van der Waals surface area contributed by atoms with Crippen LogP contribution in [0.5, 0.6) is 0 Å². The standard InChI is InChI=1S/C27H33N7O2/c1-18-15-33-25-21(18)13-20(14-30-25)9-5-4-8-12-29-26(36)23-24(35)22(31-17-28-3)19(2)34(32-23)16-27(33)10-6-7-11-27/h13-15,17H,3-12,16H2,1-2H3,(H,29,36). The Kier molecular flexibility index (Phi) is 6.55. The van der Waals surface area contributed by atoms with E-state index in [2.05, 4.69) is 50.9 Å². The van der Waals surface area contributed by atoms with Crippen LogP contribution in [0.15, 0.2) is 33.2 Å². The second-order valence-corrected chi connectivity index (χ2v) is 10.1.